The molecule has 0 aromatic carbocycles. The fourth-order valence-corrected chi connectivity index (χ4v) is 8.58. The Kier molecular flexibility index (Phi) is 34.2. The van der Waals surface area contributed by atoms with Gasteiger partial charge in [-0.05, 0) is 32.1 Å². The second-order valence-corrected chi connectivity index (χ2v) is 18.5. The minimum absolute atomic E-state index is 0.249. The van der Waals surface area contributed by atoms with E-state index in [0.29, 0.717) is 12.8 Å². The first-order valence-electron chi connectivity index (χ1n) is 23.9. The molecule has 0 aromatic rings. The van der Waals surface area contributed by atoms with Gasteiger partial charge >= 0.3 is 7.82 Å². The van der Waals surface area contributed by atoms with Crippen molar-refractivity contribution in [1.29, 1.82) is 0 Å². The maximum absolute atomic E-state index is 13.0. The van der Waals surface area contributed by atoms with Crippen molar-refractivity contribution in [2.75, 3.05) is 6.61 Å². The molecular weight excluding hydrogens is 789 g/mol. The minimum Gasteiger partial charge on any atom is -0.393 e. The Morgan fingerprint density at radius 1 is 0.583 bits per heavy atom. The average molecular weight is 878 g/mol. The monoisotopic (exact) mass is 878 g/mol. The summed E-state index contributed by atoms with van der Waals surface area (Å²) in [5.41, 5.74) is 0. The number of aliphatic hydroxyl groups is 7. The van der Waals surface area contributed by atoms with Gasteiger partial charge in [0.1, 0.15) is 36.6 Å². The summed E-state index contributed by atoms with van der Waals surface area (Å²) in [7, 11) is -5.15. The molecule has 0 spiro atoms. The van der Waals surface area contributed by atoms with Crippen LogP contribution in [0.2, 0.25) is 0 Å². The number of unbranched alkanes of at least 4 members (excludes halogenated alkanes) is 24. The van der Waals surface area contributed by atoms with Crippen LogP contribution in [-0.4, -0.2) is 108 Å². The number of nitrogens with one attached hydrogen (secondary N) is 1. The quantitative estimate of drug-likeness (QED) is 0.0163. The summed E-state index contributed by atoms with van der Waals surface area (Å²) in [6.07, 6.45) is 25.5. The molecule has 14 heteroatoms. The highest BCUT2D eigenvalue weighted by atomic mass is 31.2. The molecule has 0 heterocycles. The largest absolute Gasteiger partial charge is 0.472 e. The van der Waals surface area contributed by atoms with E-state index in [4.69, 9.17) is 9.05 Å². The van der Waals surface area contributed by atoms with Crippen molar-refractivity contribution in [3.8, 4) is 0 Å². The summed E-state index contributed by atoms with van der Waals surface area (Å²) >= 11 is 0. The molecule has 0 aliphatic heterocycles. The Hall–Kier alpha value is -1.22. The lowest BCUT2D eigenvalue weighted by Gasteiger charge is -2.41. The maximum atomic E-state index is 13.0. The van der Waals surface area contributed by atoms with Gasteiger partial charge < -0.3 is 46.0 Å². The highest BCUT2D eigenvalue weighted by Crippen LogP contribution is 2.47. The first kappa shape index (κ1) is 56.8. The highest BCUT2D eigenvalue weighted by Gasteiger charge is 2.51. The van der Waals surface area contributed by atoms with Gasteiger partial charge in [0.25, 0.3) is 0 Å². The van der Waals surface area contributed by atoms with Crippen LogP contribution in [0.5, 0.6) is 0 Å². The normalized spacial score (nSPS) is 23.6. The predicted molar refractivity (Wildman–Crippen MR) is 238 cm³/mol. The molecule has 1 fully saturated rings. The summed E-state index contributed by atoms with van der Waals surface area (Å²) in [5, 5.41) is 74.4. The maximum Gasteiger partial charge on any atom is 0.472 e. The third-order valence-electron chi connectivity index (χ3n) is 11.5. The van der Waals surface area contributed by atoms with Crippen molar-refractivity contribution in [3.05, 3.63) is 24.3 Å². The van der Waals surface area contributed by atoms with Crippen molar-refractivity contribution in [3.63, 3.8) is 0 Å². The van der Waals surface area contributed by atoms with Crippen LogP contribution in [0.15, 0.2) is 24.3 Å². The van der Waals surface area contributed by atoms with Crippen LogP contribution >= 0.6 is 7.82 Å². The first-order valence-corrected chi connectivity index (χ1v) is 25.4. The topological polar surface area (TPSA) is 226 Å². The smallest absolute Gasteiger partial charge is 0.393 e. The summed E-state index contributed by atoms with van der Waals surface area (Å²) in [6, 6.07) is -1.25. The molecule has 1 amide bonds. The number of phosphoric ester groups is 1. The van der Waals surface area contributed by atoms with Crippen molar-refractivity contribution in [2.45, 2.75) is 255 Å². The van der Waals surface area contributed by atoms with Crippen LogP contribution in [0.3, 0.4) is 0 Å². The Labute approximate surface area is 363 Å². The Bertz CT molecular complexity index is 1130. The molecule has 8 atom stereocenters. The molecule has 354 valence electrons. The molecule has 0 saturated heterocycles. The molecule has 1 aliphatic carbocycles. The number of carbonyl (C=O) groups excluding carboxylic acids is 1. The summed E-state index contributed by atoms with van der Waals surface area (Å²) in [6.45, 7) is 3.73. The lowest BCUT2D eigenvalue weighted by molar-refractivity contribution is -0.220. The number of hydrogen-bond acceptors (Lipinski definition) is 11. The zero-order chi connectivity index (χ0) is 44.4. The van der Waals surface area contributed by atoms with E-state index in [-0.39, 0.29) is 6.42 Å². The van der Waals surface area contributed by atoms with E-state index < -0.39 is 75.2 Å². The number of rotatable bonds is 39. The van der Waals surface area contributed by atoms with E-state index in [1.165, 1.54) is 128 Å². The van der Waals surface area contributed by atoms with Crippen molar-refractivity contribution in [1.82, 2.24) is 5.32 Å². The van der Waals surface area contributed by atoms with E-state index in [2.05, 4.69) is 31.3 Å². The van der Waals surface area contributed by atoms with Gasteiger partial charge in [0.15, 0.2) is 0 Å². The van der Waals surface area contributed by atoms with Crippen LogP contribution in [-0.2, 0) is 18.4 Å². The first-order chi connectivity index (χ1) is 28.8. The number of phosphoric acid groups is 1. The Balaban J connectivity index is 2.56. The number of amides is 1. The third kappa shape index (κ3) is 27.8. The van der Waals surface area contributed by atoms with Gasteiger partial charge in [-0.1, -0.05) is 186 Å². The van der Waals surface area contributed by atoms with Crippen LogP contribution in [0, 0.1) is 0 Å². The molecule has 9 N–H and O–H groups in total. The Morgan fingerprint density at radius 2 is 0.983 bits per heavy atom. The van der Waals surface area contributed by atoms with E-state index >= 15 is 0 Å². The molecule has 0 radical (unpaired) electrons. The highest BCUT2D eigenvalue weighted by molar-refractivity contribution is 7.47. The van der Waals surface area contributed by atoms with E-state index in [9.17, 15) is 50.0 Å². The molecule has 0 bridgehead atoms. The summed E-state index contributed by atoms with van der Waals surface area (Å²) < 4.78 is 22.9. The van der Waals surface area contributed by atoms with Gasteiger partial charge in [-0.25, -0.2) is 4.57 Å². The summed E-state index contributed by atoms with van der Waals surface area (Å²) in [4.78, 5) is 23.4. The average Bonchev–Trinajstić information content (AvgIpc) is 3.22. The van der Waals surface area contributed by atoms with Gasteiger partial charge in [0.2, 0.25) is 5.91 Å². The zero-order valence-corrected chi connectivity index (χ0v) is 38.3. The lowest BCUT2D eigenvalue weighted by atomic mass is 9.85. The van der Waals surface area contributed by atoms with Crippen LogP contribution in [0.1, 0.15) is 200 Å². The van der Waals surface area contributed by atoms with Crippen LogP contribution in [0.4, 0.5) is 0 Å². The Morgan fingerprint density at radius 3 is 1.47 bits per heavy atom. The second kappa shape index (κ2) is 36.2. The molecule has 1 aliphatic rings. The number of aliphatic hydroxyl groups excluding tert-OH is 7. The standard InChI is InChI=1S/C46H88NO12P/c1-3-5-7-9-11-13-15-17-19-21-23-25-27-29-31-33-37(48)35-40(50)47-38(36-58-60(56,57)59-46-44(54)42(52)41(51)43(53)45(46)55)39(49)34-32-30-28-26-24-22-20-18-16-14-12-10-8-6-4-2/h24,26,32,34,37-39,41-46,48-49,51-55H,3-23,25,27-31,33,35-36H2,1-2H3,(H,47,50)(H,56,57)/b26-24+,34-32+. The van der Waals surface area contributed by atoms with E-state index in [1.54, 1.807) is 6.08 Å². The van der Waals surface area contributed by atoms with Crippen molar-refractivity contribution in [2.24, 2.45) is 0 Å². The molecule has 13 nitrogen and oxygen atoms in total. The molecule has 8 unspecified atom stereocenters. The SMILES string of the molecule is CCCCCCCCCCC/C=C/CC/C=C/C(O)C(COP(=O)(O)OC1C(O)C(O)C(O)C(O)C1O)NC(=O)CC(O)CCCCCCCCCCCCCCCCC. The van der Waals surface area contributed by atoms with Crippen LogP contribution in [0.25, 0.3) is 0 Å². The molecule has 1 rings (SSSR count). The second-order valence-electron chi connectivity index (χ2n) is 17.1. The van der Waals surface area contributed by atoms with Gasteiger partial charge in [0.05, 0.1) is 31.3 Å². The fraction of sp³-hybridized carbons (Fsp3) is 0.891. The fourth-order valence-electron chi connectivity index (χ4n) is 7.61. The lowest BCUT2D eigenvalue weighted by Crippen LogP contribution is -2.64. The van der Waals surface area contributed by atoms with Gasteiger partial charge in [-0.3, -0.25) is 13.8 Å². The third-order valence-corrected chi connectivity index (χ3v) is 12.5. The van der Waals surface area contributed by atoms with Gasteiger partial charge in [-0.15, -0.1) is 0 Å². The van der Waals surface area contributed by atoms with Gasteiger partial charge in [0, 0.05) is 0 Å². The molecule has 60 heavy (non-hydrogen) atoms. The number of hydrogen-bond donors (Lipinski definition) is 9. The van der Waals surface area contributed by atoms with E-state index in [0.717, 1.165) is 44.9 Å². The molecular formula is C46H88NO12P. The zero-order valence-electron chi connectivity index (χ0n) is 37.4. The van der Waals surface area contributed by atoms with Gasteiger partial charge in [-0.2, -0.15) is 0 Å². The van der Waals surface area contributed by atoms with Crippen molar-refractivity contribution >= 4 is 13.7 Å². The minimum atomic E-state index is -5.15. The molecule has 0 aromatic heterocycles. The molecule has 1 saturated carbocycles. The van der Waals surface area contributed by atoms with E-state index in [1.807, 2.05) is 0 Å². The van der Waals surface area contributed by atoms with Crippen molar-refractivity contribution < 1.29 is 59.0 Å². The number of carbonyl (C=O) groups is 1. The van der Waals surface area contributed by atoms with Crippen LogP contribution < -0.4 is 5.32 Å². The number of allylic oxidation sites excluding steroid dienone is 3. The summed E-state index contributed by atoms with van der Waals surface area (Å²) in [5.74, 6) is -0.601. The predicted octanol–water partition coefficient (Wildman–Crippen LogP) is 7.98.